The highest BCUT2D eigenvalue weighted by atomic mass is 16.5. The Morgan fingerprint density at radius 1 is 1.37 bits per heavy atom. The summed E-state index contributed by atoms with van der Waals surface area (Å²) in [5.74, 6) is 0.521. The lowest BCUT2D eigenvalue weighted by Crippen LogP contribution is -2.27. The molecule has 1 rings (SSSR count). The molecule has 0 radical (unpaired) electrons. The zero-order chi connectivity index (χ0) is 14.5. The number of methoxy groups -OCH3 is 1. The molecule has 1 N–H and O–H groups in total. The first-order chi connectivity index (χ1) is 8.84. The molecule has 0 fully saturated rings. The van der Waals surface area contributed by atoms with Gasteiger partial charge in [-0.3, -0.25) is 4.79 Å². The first kappa shape index (κ1) is 15.4. The summed E-state index contributed by atoms with van der Waals surface area (Å²) < 4.78 is 10.4. The summed E-state index contributed by atoms with van der Waals surface area (Å²) in [5, 5.41) is 2.84. The van der Waals surface area contributed by atoms with Gasteiger partial charge in [0.15, 0.2) is 0 Å². The largest absolute Gasteiger partial charge is 0.475 e. The highest BCUT2D eigenvalue weighted by molar-refractivity contribution is 5.94. The number of nitrogens with one attached hydrogen (secondary N) is 1. The van der Waals surface area contributed by atoms with Crippen molar-refractivity contribution in [1.29, 1.82) is 0 Å². The van der Waals surface area contributed by atoms with Crippen molar-refractivity contribution in [2.45, 2.75) is 27.7 Å². The minimum Gasteiger partial charge on any atom is -0.475 e. The summed E-state index contributed by atoms with van der Waals surface area (Å²) in [7, 11) is 1.62. The molecule has 1 aromatic rings. The molecule has 5 heteroatoms. The summed E-state index contributed by atoms with van der Waals surface area (Å²) in [4.78, 5) is 16.0. The Morgan fingerprint density at radius 2 is 2.05 bits per heavy atom. The van der Waals surface area contributed by atoms with Gasteiger partial charge in [0.25, 0.3) is 0 Å². The average Bonchev–Trinajstić information content (AvgIpc) is 2.31. The quantitative estimate of drug-likeness (QED) is 0.831. The van der Waals surface area contributed by atoms with Gasteiger partial charge in [-0.1, -0.05) is 20.8 Å². The number of hydrogen-bond donors (Lipinski definition) is 1. The molecule has 0 aromatic carbocycles. The molecule has 0 aliphatic carbocycles. The number of hydrogen-bond acceptors (Lipinski definition) is 4. The van der Waals surface area contributed by atoms with E-state index in [1.54, 1.807) is 13.3 Å². The Hall–Kier alpha value is -1.62. The van der Waals surface area contributed by atoms with E-state index in [0.29, 0.717) is 24.8 Å². The topological polar surface area (TPSA) is 60.5 Å². The molecule has 0 aliphatic heterocycles. The maximum absolute atomic E-state index is 11.9. The Kier molecular flexibility index (Phi) is 5.30. The molecule has 0 atom stereocenters. The summed E-state index contributed by atoms with van der Waals surface area (Å²) in [5.41, 5.74) is 1.13. The third-order valence-electron chi connectivity index (χ3n) is 2.50. The average molecular weight is 266 g/mol. The molecular formula is C14H22N2O3. The lowest BCUT2D eigenvalue weighted by Gasteiger charge is -2.18. The molecule has 1 heterocycles. The van der Waals surface area contributed by atoms with Crippen LogP contribution in [0.3, 0.4) is 0 Å². The molecule has 0 unspecified atom stereocenters. The predicted molar refractivity (Wildman–Crippen MR) is 74.4 cm³/mol. The van der Waals surface area contributed by atoms with E-state index in [0.717, 1.165) is 5.56 Å². The van der Waals surface area contributed by atoms with E-state index < -0.39 is 5.41 Å². The molecule has 0 saturated heterocycles. The van der Waals surface area contributed by atoms with Gasteiger partial charge in [-0.05, 0) is 13.0 Å². The van der Waals surface area contributed by atoms with Crippen molar-refractivity contribution in [2.75, 3.05) is 25.6 Å². The molecular weight excluding hydrogens is 244 g/mol. The summed E-state index contributed by atoms with van der Waals surface area (Å²) in [6, 6.07) is 1.85. The van der Waals surface area contributed by atoms with Crippen LogP contribution in [0.25, 0.3) is 0 Å². The third kappa shape index (κ3) is 4.87. The van der Waals surface area contributed by atoms with E-state index in [-0.39, 0.29) is 5.91 Å². The van der Waals surface area contributed by atoms with Crippen molar-refractivity contribution in [2.24, 2.45) is 5.41 Å². The molecule has 19 heavy (non-hydrogen) atoms. The molecule has 106 valence electrons. The van der Waals surface area contributed by atoms with Gasteiger partial charge in [0.05, 0.1) is 18.5 Å². The predicted octanol–water partition coefficient (Wildman–Crippen LogP) is 2.40. The van der Waals surface area contributed by atoms with Crippen molar-refractivity contribution in [3.8, 4) is 5.88 Å². The van der Waals surface area contributed by atoms with Crippen LogP contribution in [0.5, 0.6) is 5.88 Å². The SMILES string of the molecule is COCCOc1ncc(NC(=O)C(C)(C)C)cc1C. The van der Waals surface area contributed by atoms with Gasteiger partial charge in [0, 0.05) is 18.1 Å². The number of nitrogens with zero attached hydrogens (tertiary/aromatic N) is 1. The standard InChI is InChI=1S/C14H22N2O3/c1-10-8-11(16-13(17)14(2,3)4)9-15-12(10)19-7-6-18-5/h8-9H,6-7H2,1-5H3,(H,16,17). The maximum atomic E-state index is 11.9. The third-order valence-corrected chi connectivity index (χ3v) is 2.50. The molecule has 5 nitrogen and oxygen atoms in total. The Labute approximate surface area is 114 Å². The number of rotatable bonds is 5. The van der Waals surface area contributed by atoms with E-state index in [1.807, 2.05) is 33.8 Å². The van der Waals surface area contributed by atoms with Crippen LogP contribution in [0.2, 0.25) is 0 Å². The van der Waals surface area contributed by atoms with Crippen molar-refractivity contribution >= 4 is 11.6 Å². The van der Waals surface area contributed by atoms with Gasteiger partial charge < -0.3 is 14.8 Å². The zero-order valence-electron chi connectivity index (χ0n) is 12.2. The Morgan fingerprint density at radius 3 is 2.58 bits per heavy atom. The molecule has 1 aromatic heterocycles. The number of carbonyl (C=O) groups is 1. The van der Waals surface area contributed by atoms with Gasteiger partial charge >= 0.3 is 0 Å². The first-order valence-electron chi connectivity index (χ1n) is 6.24. The summed E-state index contributed by atoms with van der Waals surface area (Å²) >= 11 is 0. The van der Waals surface area contributed by atoms with E-state index in [1.165, 1.54) is 0 Å². The fourth-order valence-corrected chi connectivity index (χ4v) is 1.32. The van der Waals surface area contributed by atoms with Crippen molar-refractivity contribution in [1.82, 2.24) is 4.98 Å². The van der Waals surface area contributed by atoms with Gasteiger partial charge in [-0.2, -0.15) is 0 Å². The first-order valence-corrected chi connectivity index (χ1v) is 6.24. The monoisotopic (exact) mass is 266 g/mol. The minimum absolute atomic E-state index is 0.0400. The number of anilines is 1. The summed E-state index contributed by atoms with van der Waals surface area (Å²) in [6.07, 6.45) is 1.60. The van der Waals surface area contributed by atoms with Gasteiger partial charge in [-0.15, -0.1) is 0 Å². The van der Waals surface area contributed by atoms with Gasteiger partial charge in [0.1, 0.15) is 6.61 Å². The molecule has 1 amide bonds. The van der Waals surface area contributed by atoms with Crippen LogP contribution >= 0.6 is 0 Å². The van der Waals surface area contributed by atoms with Crippen LogP contribution in [-0.2, 0) is 9.53 Å². The summed E-state index contributed by atoms with van der Waals surface area (Å²) in [6.45, 7) is 8.46. The van der Waals surface area contributed by atoms with Crippen LogP contribution in [0.4, 0.5) is 5.69 Å². The number of ether oxygens (including phenoxy) is 2. The lowest BCUT2D eigenvalue weighted by molar-refractivity contribution is -0.123. The van der Waals surface area contributed by atoms with Gasteiger partial charge in [0.2, 0.25) is 11.8 Å². The van der Waals surface area contributed by atoms with Crippen LogP contribution in [0.15, 0.2) is 12.3 Å². The Bertz CT molecular complexity index is 439. The van der Waals surface area contributed by atoms with E-state index in [2.05, 4.69) is 10.3 Å². The number of amides is 1. The number of pyridine rings is 1. The van der Waals surface area contributed by atoms with Crippen LogP contribution in [0, 0.1) is 12.3 Å². The molecule has 0 bridgehead atoms. The van der Waals surface area contributed by atoms with Crippen molar-refractivity contribution in [3.05, 3.63) is 17.8 Å². The minimum atomic E-state index is -0.429. The van der Waals surface area contributed by atoms with E-state index >= 15 is 0 Å². The van der Waals surface area contributed by atoms with Crippen LogP contribution in [0.1, 0.15) is 26.3 Å². The van der Waals surface area contributed by atoms with Crippen molar-refractivity contribution < 1.29 is 14.3 Å². The second-order valence-corrected chi connectivity index (χ2v) is 5.39. The number of aromatic nitrogens is 1. The molecule has 0 spiro atoms. The zero-order valence-corrected chi connectivity index (χ0v) is 12.2. The lowest BCUT2D eigenvalue weighted by atomic mass is 9.95. The smallest absolute Gasteiger partial charge is 0.229 e. The molecule has 0 saturated carbocycles. The normalized spacial score (nSPS) is 11.2. The maximum Gasteiger partial charge on any atom is 0.229 e. The van der Waals surface area contributed by atoms with Crippen LogP contribution < -0.4 is 10.1 Å². The fraction of sp³-hybridized carbons (Fsp3) is 0.571. The van der Waals surface area contributed by atoms with Crippen LogP contribution in [-0.4, -0.2) is 31.2 Å². The second-order valence-electron chi connectivity index (χ2n) is 5.39. The van der Waals surface area contributed by atoms with E-state index in [9.17, 15) is 4.79 Å². The highest BCUT2D eigenvalue weighted by Crippen LogP contribution is 2.21. The number of carbonyl (C=O) groups excluding carboxylic acids is 1. The van der Waals surface area contributed by atoms with Crippen molar-refractivity contribution in [3.63, 3.8) is 0 Å². The molecule has 0 aliphatic rings. The highest BCUT2D eigenvalue weighted by Gasteiger charge is 2.21. The Balaban J connectivity index is 2.69. The van der Waals surface area contributed by atoms with Gasteiger partial charge in [-0.25, -0.2) is 4.98 Å². The number of aryl methyl sites for hydroxylation is 1. The fourth-order valence-electron chi connectivity index (χ4n) is 1.32. The van der Waals surface area contributed by atoms with E-state index in [4.69, 9.17) is 9.47 Å². The second kappa shape index (κ2) is 6.52.